The molecule has 0 aromatic heterocycles. The predicted octanol–water partition coefficient (Wildman–Crippen LogP) is 6.34. The Kier molecular flexibility index (Phi) is 6.13. The van der Waals surface area contributed by atoms with Crippen molar-refractivity contribution in [3.63, 3.8) is 0 Å². The van der Waals surface area contributed by atoms with Gasteiger partial charge in [0.2, 0.25) is 0 Å². The van der Waals surface area contributed by atoms with E-state index < -0.39 is 0 Å². The number of benzene rings is 2. The average molecular weight is 381 g/mol. The van der Waals surface area contributed by atoms with Gasteiger partial charge in [0, 0.05) is 5.69 Å². The molecule has 0 saturated carbocycles. The minimum absolute atomic E-state index is 0.0989. The molecule has 2 aromatic rings. The van der Waals surface area contributed by atoms with E-state index in [0.717, 1.165) is 5.69 Å². The Morgan fingerprint density at radius 3 is 2.17 bits per heavy atom. The van der Waals surface area contributed by atoms with Crippen LogP contribution in [0.1, 0.15) is 44.9 Å². The van der Waals surface area contributed by atoms with Crippen molar-refractivity contribution in [2.24, 2.45) is 0 Å². The molecule has 0 saturated heterocycles. The predicted molar refractivity (Wildman–Crippen MR) is 109 cm³/mol. The topological polar surface area (TPSA) is 24.1 Å². The van der Waals surface area contributed by atoms with E-state index in [1.807, 2.05) is 6.07 Å². The summed E-state index contributed by atoms with van der Waals surface area (Å²) in [7, 11) is 0. The highest BCUT2D eigenvalue weighted by Gasteiger charge is 2.14. The molecule has 0 aliphatic carbocycles. The fourth-order valence-electron chi connectivity index (χ4n) is 2.29. The molecule has 2 rings (SSSR count). The van der Waals surface area contributed by atoms with E-state index >= 15 is 0 Å². The van der Waals surface area contributed by atoms with Gasteiger partial charge in [-0.05, 0) is 53.9 Å². The van der Waals surface area contributed by atoms with Crippen LogP contribution in [0.4, 0.5) is 5.69 Å². The van der Waals surface area contributed by atoms with Crippen LogP contribution in [0.3, 0.4) is 0 Å². The van der Waals surface area contributed by atoms with Gasteiger partial charge in [0.15, 0.2) is 5.11 Å². The first-order valence-electron chi connectivity index (χ1n) is 7.80. The molecule has 128 valence electrons. The van der Waals surface area contributed by atoms with Gasteiger partial charge in [-0.25, -0.2) is 0 Å². The van der Waals surface area contributed by atoms with Crippen LogP contribution in [0.5, 0.6) is 0 Å². The Hall–Kier alpha value is -1.29. The maximum absolute atomic E-state index is 6.01. The zero-order chi connectivity index (χ0) is 17.9. The first kappa shape index (κ1) is 19.0. The van der Waals surface area contributed by atoms with E-state index in [9.17, 15) is 0 Å². The zero-order valence-electron chi connectivity index (χ0n) is 14.3. The van der Waals surface area contributed by atoms with Crippen molar-refractivity contribution in [3.05, 3.63) is 63.6 Å². The highest BCUT2D eigenvalue weighted by molar-refractivity contribution is 7.80. The van der Waals surface area contributed by atoms with Gasteiger partial charge in [0.25, 0.3) is 0 Å². The zero-order valence-corrected chi connectivity index (χ0v) is 16.6. The van der Waals surface area contributed by atoms with E-state index in [2.05, 4.69) is 62.6 Å². The molecular weight excluding hydrogens is 359 g/mol. The Morgan fingerprint density at radius 1 is 1.00 bits per heavy atom. The summed E-state index contributed by atoms with van der Waals surface area (Å²) in [5.41, 5.74) is 3.45. The highest BCUT2D eigenvalue weighted by Crippen LogP contribution is 2.26. The molecule has 0 radical (unpaired) electrons. The molecule has 2 N–H and O–H groups in total. The van der Waals surface area contributed by atoms with Crippen LogP contribution in [-0.2, 0) is 5.41 Å². The number of anilines is 1. The van der Waals surface area contributed by atoms with Crippen LogP contribution in [0, 0.1) is 0 Å². The van der Waals surface area contributed by atoms with E-state index in [0.29, 0.717) is 15.2 Å². The summed E-state index contributed by atoms with van der Waals surface area (Å²) in [5.74, 6) is 0. The molecule has 0 amide bonds. The van der Waals surface area contributed by atoms with Crippen LogP contribution in [0.15, 0.2) is 42.5 Å². The molecule has 1 atom stereocenters. The second kappa shape index (κ2) is 7.73. The number of hydrogen-bond acceptors (Lipinski definition) is 1. The lowest BCUT2D eigenvalue weighted by Gasteiger charge is -2.21. The molecule has 0 bridgehead atoms. The number of nitrogens with one attached hydrogen (secondary N) is 2. The minimum atomic E-state index is 0.0989. The maximum atomic E-state index is 6.01. The number of hydrogen-bond donors (Lipinski definition) is 2. The van der Waals surface area contributed by atoms with Crippen LogP contribution in [0.2, 0.25) is 10.0 Å². The van der Waals surface area contributed by atoms with Crippen molar-refractivity contribution in [1.29, 1.82) is 0 Å². The molecule has 0 heterocycles. The van der Waals surface area contributed by atoms with Gasteiger partial charge in [0.1, 0.15) is 0 Å². The van der Waals surface area contributed by atoms with E-state index in [4.69, 9.17) is 35.4 Å². The summed E-state index contributed by atoms with van der Waals surface area (Å²) in [6.07, 6.45) is 0. The van der Waals surface area contributed by atoms with Crippen LogP contribution < -0.4 is 10.6 Å². The molecule has 0 fully saturated rings. The van der Waals surface area contributed by atoms with Crippen molar-refractivity contribution in [2.75, 3.05) is 5.32 Å². The molecule has 1 unspecified atom stereocenters. The van der Waals surface area contributed by atoms with Crippen molar-refractivity contribution in [2.45, 2.75) is 39.2 Å². The smallest absolute Gasteiger partial charge is 0.171 e. The SMILES string of the molecule is CC(NC(=S)Nc1ccc(Cl)c(Cl)c1)c1ccc(C(C)(C)C)cc1. The van der Waals surface area contributed by atoms with E-state index in [-0.39, 0.29) is 11.5 Å². The van der Waals surface area contributed by atoms with Crippen molar-refractivity contribution in [1.82, 2.24) is 5.32 Å². The van der Waals surface area contributed by atoms with Crippen LogP contribution in [-0.4, -0.2) is 5.11 Å². The third kappa shape index (κ3) is 5.10. The lowest BCUT2D eigenvalue weighted by Crippen LogP contribution is -2.30. The lowest BCUT2D eigenvalue weighted by molar-refractivity contribution is 0.589. The Bertz CT molecular complexity index is 721. The average Bonchev–Trinajstić information content (AvgIpc) is 2.50. The third-order valence-electron chi connectivity index (χ3n) is 3.80. The summed E-state index contributed by atoms with van der Waals surface area (Å²) in [5, 5.41) is 7.96. The Labute approximate surface area is 159 Å². The lowest BCUT2D eigenvalue weighted by atomic mass is 9.86. The monoisotopic (exact) mass is 380 g/mol. The number of rotatable bonds is 3. The molecular formula is C19H22Cl2N2S. The number of thiocarbonyl (C=S) groups is 1. The summed E-state index contributed by atoms with van der Waals surface area (Å²) in [6, 6.07) is 14.0. The van der Waals surface area contributed by atoms with Crippen molar-refractivity contribution < 1.29 is 0 Å². The normalized spacial score (nSPS) is 12.6. The van der Waals surface area contributed by atoms with E-state index in [1.165, 1.54) is 11.1 Å². The van der Waals surface area contributed by atoms with Gasteiger partial charge in [0.05, 0.1) is 16.1 Å². The van der Waals surface area contributed by atoms with Crippen LogP contribution >= 0.6 is 35.4 Å². The summed E-state index contributed by atoms with van der Waals surface area (Å²) in [4.78, 5) is 0. The van der Waals surface area contributed by atoms with Gasteiger partial charge in [-0.3, -0.25) is 0 Å². The minimum Gasteiger partial charge on any atom is -0.356 e. The molecule has 2 aromatic carbocycles. The summed E-state index contributed by atoms with van der Waals surface area (Å²) >= 11 is 17.3. The fraction of sp³-hybridized carbons (Fsp3) is 0.316. The van der Waals surface area contributed by atoms with Crippen LogP contribution in [0.25, 0.3) is 0 Å². The van der Waals surface area contributed by atoms with E-state index in [1.54, 1.807) is 12.1 Å². The summed E-state index contributed by atoms with van der Waals surface area (Å²) in [6.45, 7) is 8.70. The Morgan fingerprint density at radius 2 is 1.62 bits per heavy atom. The van der Waals surface area contributed by atoms with Gasteiger partial charge in [-0.2, -0.15) is 0 Å². The van der Waals surface area contributed by atoms with Crippen molar-refractivity contribution >= 4 is 46.2 Å². The molecule has 5 heteroatoms. The molecule has 0 aliphatic heterocycles. The van der Waals surface area contributed by atoms with Gasteiger partial charge in [-0.1, -0.05) is 68.2 Å². The highest BCUT2D eigenvalue weighted by atomic mass is 35.5. The quantitative estimate of drug-likeness (QED) is 0.607. The van der Waals surface area contributed by atoms with Gasteiger partial charge < -0.3 is 10.6 Å². The molecule has 0 aliphatic rings. The maximum Gasteiger partial charge on any atom is 0.171 e. The molecule has 0 spiro atoms. The summed E-state index contributed by atoms with van der Waals surface area (Å²) < 4.78 is 0. The van der Waals surface area contributed by atoms with Gasteiger partial charge >= 0.3 is 0 Å². The molecule has 24 heavy (non-hydrogen) atoms. The largest absolute Gasteiger partial charge is 0.356 e. The van der Waals surface area contributed by atoms with Crippen molar-refractivity contribution in [3.8, 4) is 0 Å². The van der Waals surface area contributed by atoms with Gasteiger partial charge in [-0.15, -0.1) is 0 Å². The standard InChI is InChI=1S/C19H22Cl2N2S/c1-12(13-5-7-14(8-6-13)19(2,3)4)22-18(24)23-15-9-10-16(20)17(21)11-15/h5-12H,1-4H3,(H2,22,23,24). The Balaban J connectivity index is 1.99. The number of halogens is 2. The first-order valence-corrected chi connectivity index (χ1v) is 8.96. The fourth-order valence-corrected chi connectivity index (χ4v) is 2.89. The first-order chi connectivity index (χ1) is 11.2. The third-order valence-corrected chi connectivity index (χ3v) is 4.76. The second-order valence-electron chi connectivity index (χ2n) is 6.82. The molecule has 2 nitrogen and oxygen atoms in total. The second-order valence-corrected chi connectivity index (χ2v) is 8.04.